The van der Waals surface area contributed by atoms with E-state index in [2.05, 4.69) is 5.32 Å². The van der Waals surface area contributed by atoms with E-state index < -0.39 is 11.7 Å². The number of carbonyl (C=O) groups excluding carboxylic acids is 1. The maximum atomic E-state index is 12.4. The summed E-state index contributed by atoms with van der Waals surface area (Å²) in [5, 5.41) is 2.76. The van der Waals surface area contributed by atoms with E-state index in [-0.39, 0.29) is 5.78 Å². The summed E-state index contributed by atoms with van der Waals surface area (Å²) in [4.78, 5) is 11.7. The van der Waals surface area contributed by atoms with E-state index in [9.17, 15) is 18.0 Å². The first kappa shape index (κ1) is 14.8. The summed E-state index contributed by atoms with van der Waals surface area (Å²) in [6.07, 6.45) is -1.62. The van der Waals surface area contributed by atoms with Gasteiger partial charge in [0.15, 0.2) is 5.78 Å². The number of rotatable bonds is 4. The molecule has 2 nitrogen and oxygen atoms in total. The van der Waals surface area contributed by atoms with Crippen LogP contribution < -0.4 is 5.32 Å². The third-order valence-corrected chi connectivity index (χ3v) is 2.76. The molecule has 2 aromatic carbocycles. The summed E-state index contributed by atoms with van der Waals surface area (Å²) in [7, 11) is 0. The number of allylic oxidation sites excluding steroid dienone is 1. The van der Waals surface area contributed by atoms with Crippen LogP contribution in [0.15, 0.2) is 66.9 Å². The SMILES string of the molecule is O=C(/C=C\Nc1ccc(C(F)(F)F)cc1)c1ccccc1. The number of anilines is 1. The molecule has 0 saturated heterocycles. The summed E-state index contributed by atoms with van der Waals surface area (Å²) in [6, 6.07) is 13.3. The van der Waals surface area contributed by atoms with Crippen LogP contribution >= 0.6 is 0 Å². The Kier molecular flexibility index (Phi) is 4.42. The number of benzene rings is 2. The van der Waals surface area contributed by atoms with Crippen LogP contribution in [-0.2, 0) is 6.18 Å². The van der Waals surface area contributed by atoms with Crippen molar-refractivity contribution in [1.82, 2.24) is 0 Å². The summed E-state index contributed by atoms with van der Waals surface area (Å²) in [5.41, 5.74) is 0.306. The Morgan fingerprint density at radius 3 is 2.14 bits per heavy atom. The van der Waals surface area contributed by atoms with Crippen LogP contribution in [0.25, 0.3) is 0 Å². The molecule has 5 heteroatoms. The molecule has 0 atom stereocenters. The second-order valence-corrected chi connectivity index (χ2v) is 4.28. The average molecular weight is 291 g/mol. The lowest BCUT2D eigenvalue weighted by Crippen LogP contribution is -2.04. The van der Waals surface area contributed by atoms with Crippen molar-refractivity contribution in [2.45, 2.75) is 6.18 Å². The van der Waals surface area contributed by atoms with Crippen LogP contribution in [0, 0.1) is 0 Å². The van der Waals surface area contributed by atoms with Crippen LogP contribution in [0.3, 0.4) is 0 Å². The molecule has 0 spiro atoms. The van der Waals surface area contributed by atoms with Crippen LogP contribution in [0.2, 0.25) is 0 Å². The number of nitrogens with one attached hydrogen (secondary N) is 1. The second-order valence-electron chi connectivity index (χ2n) is 4.28. The minimum absolute atomic E-state index is 0.185. The zero-order chi connectivity index (χ0) is 15.3. The molecule has 0 radical (unpaired) electrons. The molecule has 0 aliphatic rings. The fourth-order valence-corrected chi connectivity index (χ4v) is 1.67. The lowest BCUT2D eigenvalue weighted by molar-refractivity contribution is -0.137. The predicted octanol–water partition coefficient (Wildman–Crippen LogP) is 4.51. The monoisotopic (exact) mass is 291 g/mol. The Labute approximate surface area is 119 Å². The fraction of sp³-hybridized carbons (Fsp3) is 0.0625. The van der Waals surface area contributed by atoms with Gasteiger partial charge in [-0.3, -0.25) is 4.79 Å². The third kappa shape index (κ3) is 4.21. The van der Waals surface area contributed by atoms with E-state index in [1.807, 2.05) is 0 Å². The maximum absolute atomic E-state index is 12.4. The number of halogens is 3. The quantitative estimate of drug-likeness (QED) is 0.663. The number of alkyl halides is 3. The highest BCUT2D eigenvalue weighted by Crippen LogP contribution is 2.29. The van der Waals surface area contributed by atoms with Gasteiger partial charge in [0.2, 0.25) is 0 Å². The molecule has 0 aliphatic carbocycles. The normalized spacial score (nSPS) is 11.6. The highest BCUT2D eigenvalue weighted by molar-refractivity contribution is 6.04. The van der Waals surface area contributed by atoms with Crippen LogP contribution in [0.4, 0.5) is 18.9 Å². The summed E-state index contributed by atoms with van der Waals surface area (Å²) >= 11 is 0. The Hall–Kier alpha value is -2.56. The van der Waals surface area contributed by atoms with Gasteiger partial charge in [-0.25, -0.2) is 0 Å². The maximum Gasteiger partial charge on any atom is 0.416 e. The molecule has 2 rings (SSSR count). The van der Waals surface area contributed by atoms with Gasteiger partial charge in [-0.05, 0) is 24.3 Å². The van der Waals surface area contributed by atoms with E-state index in [1.54, 1.807) is 30.3 Å². The van der Waals surface area contributed by atoms with Gasteiger partial charge in [0, 0.05) is 23.5 Å². The molecular formula is C16H12F3NO. The van der Waals surface area contributed by atoms with Gasteiger partial charge in [-0.2, -0.15) is 13.2 Å². The lowest BCUT2D eigenvalue weighted by Gasteiger charge is -2.07. The Bertz CT molecular complexity index is 631. The van der Waals surface area contributed by atoms with Crippen molar-refractivity contribution < 1.29 is 18.0 Å². The summed E-state index contributed by atoms with van der Waals surface area (Å²) in [5.74, 6) is -0.185. The van der Waals surface area contributed by atoms with Gasteiger partial charge in [-0.15, -0.1) is 0 Å². The number of carbonyl (C=O) groups is 1. The Balaban J connectivity index is 1.97. The summed E-state index contributed by atoms with van der Waals surface area (Å²) < 4.78 is 37.2. The van der Waals surface area contributed by atoms with Crippen molar-refractivity contribution in [2.75, 3.05) is 5.32 Å². The van der Waals surface area contributed by atoms with E-state index in [4.69, 9.17) is 0 Å². The van der Waals surface area contributed by atoms with Gasteiger partial charge in [-0.1, -0.05) is 30.3 Å². The van der Waals surface area contributed by atoms with Gasteiger partial charge in [0.1, 0.15) is 0 Å². The molecule has 0 aliphatic heterocycles. The Morgan fingerprint density at radius 2 is 1.57 bits per heavy atom. The number of hydrogen-bond acceptors (Lipinski definition) is 2. The van der Waals surface area contributed by atoms with Gasteiger partial charge in [0.25, 0.3) is 0 Å². The van der Waals surface area contributed by atoms with Crippen molar-refractivity contribution in [3.05, 3.63) is 78.0 Å². The van der Waals surface area contributed by atoms with Crippen LogP contribution in [0.5, 0.6) is 0 Å². The molecule has 0 aromatic heterocycles. The topological polar surface area (TPSA) is 29.1 Å². The molecule has 0 heterocycles. The molecule has 2 aromatic rings. The molecular weight excluding hydrogens is 279 g/mol. The lowest BCUT2D eigenvalue weighted by atomic mass is 10.1. The van der Waals surface area contributed by atoms with E-state index >= 15 is 0 Å². The molecule has 0 amide bonds. The van der Waals surface area contributed by atoms with Gasteiger partial charge in [0.05, 0.1) is 5.56 Å². The van der Waals surface area contributed by atoms with E-state index in [0.717, 1.165) is 12.1 Å². The summed E-state index contributed by atoms with van der Waals surface area (Å²) in [6.45, 7) is 0. The first-order valence-electron chi connectivity index (χ1n) is 6.16. The highest BCUT2D eigenvalue weighted by atomic mass is 19.4. The minimum atomic E-state index is -4.35. The molecule has 21 heavy (non-hydrogen) atoms. The van der Waals surface area contributed by atoms with Gasteiger partial charge < -0.3 is 5.32 Å². The first-order valence-corrected chi connectivity index (χ1v) is 6.16. The van der Waals surface area contributed by atoms with Gasteiger partial charge >= 0.3 is 6.18 Å². The van der Waals surface area contributed by atoms with E-state index in [1.165, 1.54) is 24.4 Å². The van der Waals surface area contributed by atoms with Crippen molar-refractivity contribution in [3.8, 4) is 0 Å². The largest absolute Gasteiger partial charge is 0.416 e. The average Bonchev–Trinajstić information content (AvgIpc) is 2.47. The van der Waals surface area contributed by atoms with Crippen LogP contribution in [-0.4, -0.2) is 5.78 Å². The van der Waals surface area contributed by atoms with E-state index in [0.29, 0.717) is 11.3 Å². The van der Waals surface area contributed by atoms with Crippen LogP contribution in [0.1, 0.15) is 15.9 Å². The molecule has 0 unspecified atom stereocenters. The minimum Gasteiger partial charge on any atom is -0.362 e. The molecule has 108 valence electrons. The predicted molar refractivity (Wildman–Crippen MR) is 75.0 cm³/mol. The number of hydrogen-bond donors (Lipinski definition) is 1. The third-order valence-electron chi connectivity index (χ3n) is 2.76. The zero-order valence-corrected chi connectivity index (χ0v) is 10.9. The van der Waals surface area contributed by atoms with Crippen molar-refractivity contribution in [3.63, 3.8) is 0 Å². The fourth-order valence-electron chi connectivity index (χ4n) is 1.67. The molecule has 0 bridgehead atoms. The first-order chi connectivity index (χ1) is 9.97. The molecule has 0 fully saturated rings. The zero-order valence-electron chi connectivity index (χ0n) is 10.9. The second kappa shape index (κ2) is 6.26. The van der Waals surface area contributed by atoms with Crippen molar-refractivity contribution in [1.29, 1.82) is 0 Å². The smallest absolute Gasteiger partial charge is 0.362 e. The number of ketones is 1. The standard InChI is InChI=1S/C16H12F3NO/c17-16(18,19)13-6-8-14(9-7-13)20-11-10-15(21)12-4-2-1-3-5-12/h1-11,20H/b11-10-. The highest BCUT2D eigenvalue weighted by Gasteiger charge is 2.29. The van der Waals surface area contributed by atoms with Crippen molar-refractivity contribution in [2.24, 2.45) is 0 Å². The molecule has 1 N–H and O–H groups in total. The molecule has 0 saturated carbocycles. The van der Waals surface area contributed by atoms with Crippen molar-refractivity contribution >= 4 is 11.5 Å². The Morgan fingerprint density at radius 1 is 0.952 bits per heavy atom.